The zero-order valence-corrected chi connectivity index (χ0v) is 7.18. The van der Waals surface area contributed by atoms with Crippen molar-refractivity contribution in [3.05, 3.63) is 0 Å². The first-order valence-corrected chi connectivity index (χ1v) is 3.43. The smallest absolute Gasteiger partial charge is 0.449 e. The molecular formula is C6H10O7. The third-order valence-corrected chi connectivity index (χ3v) is 0.722. The Morgan fingerprint density at radius 2 is 2.00 bits per heavy atom. The molecule has 0 aliphatic carbocycles. The van der Waals surface area contributed by atoms with Crippen LogP contribution in [0.5, 0.6) is 0 Å². The highest BCUT2D eigenvalue weighted by molar-refractivity contribution is 5.75. The van der Waals surface area contributed by atoms with Crippen LogP contribution >= 0.6 is 0 Å². The third-order valence-electron chi connectivity index (χ3n) is 0.722. The maximum absolute atomic E-state index is 10.3. The second-order valence-electron chi connectivity index (χ2n) is 2.45. The van der Waals surface area contributed by atoms with Crippen LogP contribution in [-0.4, -0.2) is 24.0 Å². The van der Waals surface area contributed by atoms with Crippen LogP contribution in [0, 0.1) is 5.92 Å². The van der Waals surface area contributed by atoms with E-state index in [1.54, 1.807) is 0 Å². The summed E-state index contributed by atoms with van der Waals surface area (Å²) in [6, 6.07) is 0. The second-order valence-corrected chi connectivity index (χ2v) is 2.45. The summed E-state index contributed by atoms with van der Waals surface area (Å²) in [5.41, 5.74) is 0. The Kier molecular flexibility index (Phi) is 5.57. The molecule has 7 heteroatoms. The van der Waals surface area contributed by atoms with E-state index in [4.69, 9.17) is 5.11 Å². The fraction of sp³-hybridized carbons (Fsp3) is 0.667. The molecule has 0 aliphatic heterocycles. The summed E-state index contributed by atoms with van der Waals surface area (Å²) in [5, 5.41) is 11.8. The average molecular weight is 194 g/mol. The van der Waals surface area contributed by atoms with Gasteiger partial charge in [-0.1, -0.05) is 13.8 Å². The Balaban J connectivity index is 3.32. The lowest BCUT2D eigenvalue weighted by Crippen LogP contribution is -2.13. The Bertz CT molecular complexity index is 176. The molecule has 0 aromatic heterocycles. The molecule has 0 aromatic carbocycles. The Morgan fingerprint density at radius 1 is 1.38 bits per heavy atom. The molecule has 0 saturated carbocycles. The van der Waals surface area contributed by atoms with Crippen molar-refractivity contribution in [3.63, 3.8) is 0 Å². The monoisotopic (exact) mass is 194 g/mol. The minimum atomic E-state index is -1.78. The van der Waals surface area contributed by atoms with Gasteiger partial charge < -0.3 is 9.84 Å². The molecule has 0 spiro atoms. The fourth-order valence-electron chi connectivity index (χ4n) is 0.304. The lowest BCUT2D eigenvalue weighted by atomic mass is 10.2. The standard InChI is InChI=1S/C6H10O7/c1-4(2)3-10-13-12-6(9)11-5(7)8/h4H,3H2,1-2H3,(H,7,8). The molecule has 0 aromatic rings. The minimum Gasteiger partial charge on any atom is -0.449 e. The van der Waals surface area contributed by atoms with Gasteiger partial charge in [0.2, 0.25) is 0 Å². The van der Waals surface area contributed by atoms with Crippen molar-refractivity contribution in [1.82, 2.24) is 0 Å². The van der Waals surface area contributed by atoms with Crippen LogP contribution in [-0.2, 0) is 19.6 Å². The van der Waals surface area contributed by atoms with Gasteiger partial charge in [-0.15, -0.1) is 0 Å². The van der Waals surface area contributed by atoms with Gasteiger partial charge in [0.15, 0.2) is 0 Å². The molecule has 0 heterocycles. The maximum Gasteiger partial charge on any atom is 0.553 e. The van der Waals surface area contributed by atoms with Crippen LogP contribution in [0.25, 0.3) is 0 Å². The van der Waals surface area contributed by atoms with E-state index in [1.807, 2.05) is 13.8 Å². The maximum atomic E-state index is 10.3. The number of ether oxygens (including phenoxy) is 1. The van der Waals surface area contributed by atoms with Crippen LogP contribution in [0.2, 0.25) is 0 Å². The summed E-state index contributed by atoms with van der Waals surface area (Å²) in [4.78, 5) is 28.1. The molecule has 0 rings (SSSR count). The Morgan fingerprint density at radius 3 is 2.46 bits per heavy atom. The molecule has 0 saturated heterocycles. The minimum absolute atomic E-state index is 0.194. The summed E-state index contributed by atoms with van der Waals surface area (Å²) >= 11 is 0. The Hall–Kier alpha value is -1.34. The zero-order chi connectivity index (χ0) is 10.3. The van der Waals surface area contributed by atoms with Crippen molar-refractivity contribution < 1.29 is 34.2 Å². The molecule has 13 heavy (non-hydrogen) atoms. The summed E-state index contributed by atoms with van der Waals surface area (Å²) in [6.07, 6.45) is -3.28. The van der Waals surface area contributed by atoms with E-state index in [9.17, 15) is 9.59 Å². The highest BCUT2D eigenvalue weighted by Gasteiger charge is 2.11. The van der Waals surface area contributed by atoms with E-state index in [0.29, 0.717) is 0 Å². The van der Waals surface area contributed by atoms with Crippen LogP contribution in [0.4, 0.5) is 9.59 Å². The first kappa shape index (κ1) is 11.7. The van der Waals surface area contributed by atoms with Crippen LogP contribution in [0.1, 0.15) is 13.8 Å². The topological polar surface area (TPSA) is 91.3 Å². The molecular weight excluding hydrogens is 184 g/mol. The number of hydrogen-bond acceptors (Lipinski definition) is 6. The number of carbonyl (C=O) groups is 2. The normalized spacial score (nSPS) is 9.77. The van der Waals surface area contributed by atoms with Crippen LogP contribution in [0.3, 0.4) is 0 Å². The van der Waals surface area contributed by atoms with Gasteiger partial charge >= 0.3 is 12.3 Å². The van der Waals surface area contributed by atoms with Gasteiger partial charge in [-0.05, 0) is 11.0 Å². The van der Waals surface area contributed by atoms with Gasteiger partial charge in [-0.25, -0.2) is 9.68 Å². The van der Waals surface area contributed by atoms with E-state index in [0.717, 1.165) is 0 Å². The number of hydrogen-bond donors (Lipinski definition) is 1. The highest BCUT2D eigenvalue weighted by atomic mass is 17.5. The van der Waals surface area contributed by atoms with Crippen LogP contribution < -0.4 is 0 Å². The molecule has 0 atom stereocenters. The van der Waals surface area contributed by atoms with Gasteiger partial charge in [0, 0.05) is 0 Å². The third kappa shape index (κ3) is 8.57. The summed E-state index contributed by atoms with van der Waals surface area (Å²) < 4.78 is 3.51. The van der Waals surface area contributed by atoms with E-state index in [-0.39, 0.29) is 12.5 Å². The van der Waals surface area contributed by atoms with Crippen molar-refractivity contribution in [3.8, 4) is 0 Å². The van der Waals surface area contributed by atoms with Crippen molar-refractivity contribution in [2.45, 2.75) is 13.8 Å². The SMILES string of the molecule is CC(C)COOOC(=O)OC(=O)O. The molecule has 76 valence electrons. The predicted octanol–water partition coefficient (Wildman–Crippen LogP) is 1.34. The van der Waals surface area contributed by atoms with Gasteiger partial charge in [0.05, 0.1) is 6.61 Å². The second kappa shape index (κ2) is 6.21. The molecule has 0 amide bonds. The first-order valence-electron chi connectivity index (χ1n) is 3.43. The molecule has 7 nitrogen and oxygen atoms in total. The van der Waals surface area contributed by atoms with Crippen molar-refractivity contribution in [2.24, 2.45) is 5.92 Å². The molecule has 0 unspecified atom stereocenters. The van der Waals surface area contributed by atoms with E-state index >= 15 is 0 Å². The Labute approximate surface area is 74.0 Å². The summed E-state index contributed by atoms with van der Waals surface area (Å²) in [7, 11) is 0. The van der Waals surface area contributed by atoms with Crippen molar-refractivity contribution in [1.29, 1.82) is 0 Å². The summed E-state index contributed by atoms with van der Waals surface area (Å²) in [6.45, 7) is 3.90. The molecule has 0 aliphatic rings. The van der Waals surface area contributed by atoms with E-state index < -0.39 is 12.3 Å². The largest absolute Gasteiger partial charge is 0.553 e. The number of rotatable bonds is 4. The van der Waals surface area contributed by atoms with Gasteiger partial charge in [-0.2, -0.15) is 9.68 Å². The predicted molar refractivity (Wildman–Crippen MR) is 37.5 cm³/mol. The fourth-order valence-corrected chi connectivity index (χ4v) is 0.304. The lowest BCUT2D eigenvalue weighted by Gasteiger charge is -2.02. The van der Waals surface area contributed by atoms with Gasteiger partial charge in [0.25, 0.3) is 0 Å². The zero-order valence-electron chi connectivity index (χ0n) is 7.18. The molecule has 1 N–H and O–H groups in total. The van der Waals surface area contributed by atoms with Gasteiger partial charge in [-0.3, -0.25) is 0 Å². The van der Waals surface area contributed by atoms with Gasteiger partial charge in [0.1, 0.15) is 0 Å². The van der Waals surface area contributed by atoms with Crippen LogP contribution in [0.15, 0.2) is 0 Å². The number of carbonyl (C=O) groups excluding carboxylic acids is 1. The first-order chi connectivity index (χ1) is 6.02. The molecule has 0 radical (unpaired) electrons. The van der Waals surface area contributed by atoms with E-state index in [1.165, 1.54) is 0 Å². The summed E-state index contributed by atoms with van der Waals surface area (Å²) in [5.74, 6) is 0.194. The highest BCUT2D eigenvalue weighted by Crippen LogP contribution is 1.94. The molecule has 0 bridgehead atoms. The molecule has 0 fully saturated rings. The average Bonchev–Trinajstić information content (AvgIpc) is 1.96. The van der Waals surface area contributed by atoms with Crippen molar-refractivity contribution >= 4 is 12.3 Å². The van der Waals surface area contributed by atoms with E-state index in [2.05, 4.69) is 19.6 Å². The lowest BCUT2D eigenvalue weighted by molar-refractivity contribution is -0.487. The quantitative estimate of drug-likeness (QED) is 0.237. The van der Waals surface area contributed by atoms with Crippen molar-refractivity contribution in [2.75, 3.05) is 6.61 Å². The number of carboxylic acid groups (broad SMARTS) is 1.